The van der Waals surface area contributed by atoms with Gasteiger partial charge in [0.2, 0.25) is 6.08 Å². The second-order valence-corrected chi connectivity index (χ2v) is 4.69. The first-order valence-corrected chi connectivity index (χ1v) is 6.02. The van der Waals surface area contributed by atoms with Gasteiger partial charge in [-0.25, -0.2) is 14.4 Å². The number of imidazole rings is 1. The summed E-state index contributed by atoms with van der Waals surface area (Å²) in [6.45, 7) is -0.542. The van der Waals surface area contributed by atoms with Gasteiger partial charge in [-0.05, 0) is 5.82 Å². The number of nitrogens with one attached hydrogen (secondary N) is 1. The predicted octanol–water partition coefficient (Wildman–Crippen LogP) is 1.27. The Bertz CT molecular complexity index is 749. The number of alkyl halides is 1. The van der Waals surface area contributed by atoms with Gasteiger partial charge in [0.1, 0.15) is 11.7 Å². The Morgan fingerprint density at radius 2 is 2.32 bits per heavy atom. The predicted molar refractivity (Wildman–Crippen MR) is 67.5 cm³/mol. The van der Waals surface area contributed by atoms with Crippen molar-refractivity contribution in [3.8, 4) is 12.3 Å². The first-order valence-electron chi connectivity index (χ1n) is 6.02. The molecular weight excluding hydrogens is 476 g/mol. The Morgan fingerprint density at radius 1 is 1.59 bits per heavy atom. The topological polar surface area (TPSA) is 96.9 Å². The van der Waals surface area contributed by atoms with Gasteiger partial charge in [-0.15, -0.1) is 6.42 Å². The molecule has 3 rings (SSSR count). The number of hydrogen-bond acceptors (Lipinski definition) is 5. The monoisotopic (exact) mass is 487 g/mol. The number of aliphatic hydroxyl groups is 1. The van der Waals surface area contributed by atoms with Gasteiger partial charge in [-0.3, -0.25) is 4.57 Å². The van der Waals surface area contributed by atoms with Crippen LogP contribution in [0.5, 0.6) is 0 Å². The van der Waals surface area contributed by atoms with Crippen LogP contribution in [0.15, 0.2) is 6.33 Å². The third-order valence-electron chi connectivity index (χ3n) is 3.37. The molecule has 0 bridgehead atoms. The van der Waals surface area contributed by atoms with E-state index in [4.69, 9.17) is 16.9 Å². The summed E-state index contributed by atoms with van der Waals surface area (Å²) in [5, 5.41) is 9.28. The zero-order valence-corrected chi connectivity index (χ0v) is 13.4. The summed E-state index contributed by atoms with van der Waals surface area (Å²) in [7, 11) is 0. The molecule has 0 aromatic carbocycles. The van der Waals surface area contributed by atoms with Crippen molar-refractivity contribution < 1.29 is 38.7 Å². The van der Waals surface area contributed by atoms with Crippen LogP contribution in [-0.4, -0.2) is 43.0 Å². The van der Waals surface area contributed by atoms with Crippen LogP contribution in [-0.2, 0) is 24.8 Å². The summed E-state index contributed by atoms with van der Waals surface area (Å²) < 4.78 is 34.0. The van der Waals surface area contributed by atoms with E-state index in [2.05, 4.69) is 20.9 Å². The summed E-state index contributed by atoms with van der Waals surface area (Å²) in [5.74, 6) is 1.82. The first-order chi connectivity index (χ1) is 9.99. The minimum Gasteiger partial charge on any atom is -0.480 e. The van der Waals surface area contributed by atoms with E-state index in [0.717, 1.165) is 4.57 Å². The standard InChI is InChI=1S/C12H10F2N5O2.Ir/c1-2-12(4-20)3-6(13)10(21-12)19-5-16-7-8(15)17-11(14)18-9(7)19;/h1,5-6,10,20H,3-4H2,(H-,15,17,18);/q-1;. The van der Waals surface area contributed by atoms with Crippen molar-refractivity contribution in [2.45, 2.75) is 24.4 Å². The molecule has 22 heavy (non-hydrogen) atoms. The van der Waals surface area contributed by atoms with Gasteiger partial charge < -0.3 is 20.6 Å². The SMILES string of the molecule is C#CC1(CO)CC(F)C(n2cnc3c([NH-])nc(F)nc32)O1.[Ir]. The van der Waals surface area contributed by atoms with Crippen LogP contribution in [0.25, 0.3) is 16.9 Å². The summed E-state index contributed by atoms with van der Waals surface area (Å²) in [6, 6.07) is 0. The van der Waals surface area contributed by atoms with Crippen molar-refractivity contribution >= 4 is 17.0 Å². The Morgan fingerprint density at radius 3 is 2.91 bits per heavy atom. The number of halogens is 2. The number of aromatic nitrogens is 4. The molecule has 2 aromatic heterocycles. The van der Waals surface area contributed by atoms with Crippen LogP contribution >= 0.6 is 0 Å². The molecule has 10 heteroatoms. The Balaban J connectivity index is 0.00000176. The fourth-order valence-electron chi connectivity index (χ4n) is 2.32. The molecule has 7 nitrogen and oxygen atoms in total. The summed E-state index contributed by atoms with van der Waals surface area (Å²) in [4.78, 5) is 10.6. The number of fused-ring (bicyclic) bond motifs is 1. The molecule has 2 N–H and O–H groups in total. The second kappa shape index (κ2) is 5.85. The van der Waals surface area contributed by atoms with Gasteiger partial charge in [-0.1, -0.05) is 5.92 Å². The van der Waals surface area contributed by atoms with Gasteiger partial charge in [0, 0.05) is 26.5 Å². The Labute approximate surface area is 137 Å². The number of terminal acetylenes is 1. The van der Waals surface area contributed by atoms with Crippen LogP contribution in [0.4, 0.5) is 14.6 Å². The minimum atomic E-state index is -1.53. The molecule has 0 spiro atoms. The van der Waals surface area contributed by atoms with Crippen LogP contribution in [0.1, 0.15) is 12.6 Å². The second-order valence-electron chi connectivity index (χ2n) is 4.69. The molecule has 0 amide bonds. The van der Waals surface area contributed by atoms with Gasteiger partial charge in [0.05, 0.1) is 12.9 Å². The average molecular weight is 486 g/mol. The average Bonchev–Trinajstić information content (AvgIpc) is 3.00. The number of rotatable bonds is 2. The largest absolute Gasteiger partial charge is 0.480 e. The number of hydrogen-bond donors (Lipinski definition) is 1. The summed E-state index contributed by atoms with van der Waals surface area (Å²) in [5.41, 5.74) is 6.04. The van der Waals surface area contributed by atoms with Crippen LogP contribution < -0.4 is 0 Å². The molecule has 0 aliphatic carbocycles. The van der Waals surface area contributed by atoms with E-state index < -0.39 is 36.5 Å². The number of aliphatic hydroxyl groups excluding tert-OH is 1. The van der Waals surface area contributed by atoms with E-state index >= 15 is 0 Å². The van der Waals surface area contributed by atoms with Crippen molar-refractivity contribution in [3.63, 3.8) is 0 Å². The molecule has 1 fully saturated rings. The maximum atomic E-state index is 14.2. The van der Waals surface area contributed by atoms with Gasteiger partial charge >= 0.3 is 0 Å². The molecule has 2 aromatic rings. The third-order valence-corrected chi connectivity index (χ3v) is 3.37. The van der Waals surface area contributed by atoms with E-state index in [1.54, 1.807) is 0 Å². The molecule has 1 saturated heterocycles. The van der Waals surface area contributed by atoms with Gasteiger partial charge in [-0.2, -0.15) is 4.39 Å². The molecule has 1 aliphatic rings. The van der Waals surface area contributed by atoms with Gasteiger partial charge in [0.15, 0.2) is 17.5 Å². The fraction of sp³-hybridized carbons (Fsp3) is 0.417. The molecule has 1 aliphatic heterocycles. The summed E-state index contributed by atoms with van der Waals surface area (Å²) in [6.07, 6.45) is 2.40. The maximum Gasteiger partial charge on any atom is 0.208 e. The van der Waals surface area contributed by atoms with Gasteiger partial charge in [0.25, 0.3) is 0 Å². The van der Waals surface area contributed by atoms with Crippen LogP contribution in [0.3, 0.4) is 0 Å². The molecule has 3 unspecified atom stereocenters. The van der Waals surface area contributed by atoms with E-state index in [9.17, 15) is 13.9 Å². The zero-order valence-electron chi connectivity index (χ0n) is 11.0. The molecule has 0 saturated carbocycles. The normalized spacial score (nSPS) is 27.5. The Kier molecular flexibility index (Phi) is 4.44. The molecule has 3 heterocycles. The van der Waals surface area contributed by atoms with Crippen LogP contribution in [0.2, 0.25) is 0 Å². The van der Waals surface area contributed by atoms with Crippen molar-refractivity contribution in [3.05, 3.63) is 18.1 Å². The van der Waals surface area contributed by atoms with Crippen LogP contribution in [0, 0.1) is 18.4 Å². The molecular formula is C12H10F2IrN5O2-. The van der Waals surface area contributed by atoms with E-state index in [0.29, 0.717) is 0 Å². The summed E-state index contributed by atoms with van der Waals surface area (Å²) >= 11 is 0. The first kappa shape index (κ1) is 16.7. The smallest absolute Gasteiger partial charge is 0.208 e. The van der Waals surface area contributed by atoms with Crippen molar-refractivity contribution in [1.29, 1.82) is 0 Å². The molecule has 1 radical (unpaired) electrons. The van der Waals surface area contributed by atoms with E-state index in [1.165, 1.54) is 6.33 Å². The number of ether oxygens (including phenoxy) is 1. The third kappa shape index (κ3) is 2.46. The maximum absolute atomic E-state index is 14.2. The van der Waals surface area contributed by atoms with Crippen molar-refractivity contribution in [2.75, 3.05) is 6.61 Å². The van der Waals surface area contributed by atoms with E-state index in [1.807, 2.05) is 0 Å². The molecule has 119 valence electrons. The van der Waals surface area contributed by atoms with Crippen molar-refractivity contribution in [2.24, 2.45) is 0 Å². The zero-order chi connectivity index (χ0) is 15.2. The molecule has 3 atom stereocenters. The quantitative estimate of drug-likeness (QED) is 0.510. The number of nitrogens with zero attached hydrogens (tertiary/aromatic N) is 4. The fourth-order valence-corrected chi connectivity index (χ4v) is 2.32. The minimum absolute atomic E-state index is 0. The van der Waals surface area contributed by atoms with E-state index in [-0.39, 0.29) is 37.7 Å². The van der Waals surface area contributed by atoms with Crippen molar-refractivity contribution in [1.82, 2.24) is 19.5 Å². The Hall–Kier alpha value is -1.66.